The van der Waals surface area contributed by atoms with Crippen LogP contribution in [0.4, 0.5) is 0 Å². The quantitative estimate of drug-likeness (QED) is 0.656. The lowest BCUT2D eigenvalue weighted by Gasteiger charge is -2.00. The average molecular weight is 152 g/mol. The number of nitrogens with zero attached hydrogens (tertiary/aromatic N) is 1. The van der Waals surface area contributed by atoms with Crippen LogP contribution in [0.2, 0.25) is 0 Å². The molecule has 59 valence electrons. The number of pyridine rings is 1. The van der Waals surface area contributed by atoms with Gasteiger partial charge < -0.3 is 9.47 Å². The second kappa shape index (κ2) is 3.93. The van der Waals surface area contributed by atoms with Gasteiger partial charge in [0, 0.05) is 12.3 Å². The van der Waals surface area contributed by atoms with Gasteiger partial charge in [0.1, 0.15) is 0 Å². The van der Waals surface area contributed by atoms with Crippen LogP contribution in [0.1, 0.15) is 5.56 Å². The fraction of sp³-hybridized carbons (Fsp3) is 0.250. The SMILES string of the molecule is [CH2]OCc1ccnc(OC)c1. The van der Waals surface area contributed by atoms with E-state index in [1.165, 1.54) is 0 Å². The lowest BCUT2D eigenvalue weighted by molar-refractivity contribution is 0.228. The molecule has 0 spiro atoms. The molecule has 0 fully saturated rings. The zero-order valence-corrected chi connectivity index (χ0v) is 6.41. The Bertz CT molecular complexity index is 225. The highest BCUT2D eigenvalue weighted by Gasteiger charge is 1.94. The zero-order valence-electron chi connectivity index (χ0n) is 6.41. The van der Waals surface area contributed by atoms with E-state index in [0.29, 0.717) is 12.5 Å². The van der Waals surface area contributed by atoms with Crippen LogP contribution in [0, 0.1) is 7.11 Å². The summed E-state index contributed by atoms with van der Waals surface area (Å²) in [6.07, 6.45) is 1.67. The standard InChI is InChI=1S/C8H10NO2/c1-10-6-7-3-4-9-8(5-7)11-2/h3-5H,1,6H2,2H3. The van der Waals surface area contributed by atoms with Crippen molar-refractivity contribution in [3.05, 3.63) is 31.0 Å². The van der Waals surface area contributed by atoms with Gasteiger partial charge in [-0.15, -0.1) is 0 Å². The first-order valence-corrected chi connectivity index (χ1v) is 3.22. The van der Waals surface area contributed by atoms with E-state index in [4.69, 9.17) is 9.47 Å². The molecule has 0 aromatic carbocycles. The fourth-order valence-electron chi connectivity index (χ4n) is 0.770. The summed E-state index contributed by atoms with van der Waals surface area (Å²) in [4.78, 5) is 3.94. The second-order valence-electron chi connectivity index (χ2n) is 2.05. The average Bonchev–Trinajstić information content (AvgIpc) is 2.06. The molecule has 0 aliphatic carbocycles. The van der Waals surface area contributed by atoms with Gasteiger partial charge in [-0.3, -0.25) is 0 Å². The number of ether oxygens (including phenoxy) is 2. The van der Waals surface area contributed by atoms with Crippen molar-refractivity contribution in [3.63, 3.8) is 0 Å². The molecule has 1 aromatic rings. The van der Waals surface area contributed by atoms with Crippen molar-refractivity contribution in [1.82, 2.24) is 4.98 Å². The fourth-order valence-corrected chi connectivity index (χ4v) is 0.770. The third kappa shape index (κ3) is 2.20. The van der Waals surface area contributed by atoms with Crippen molar-refractivity contribution < 1.29 is 9.47 Å². The summed E-state index contributed by atoms with van der Waals surface area (Å²) in [7, 11) is 4.86. The highest BCUT2D eigenvalue weighted by molar-refractivity contribution is 5.19. The summed E-state index contributed by atoms with van der Waals surface area (Å²) < 4.78 is 9.61. The van der Waals surface area contributed by atoms with Crippen LogP contribution in [0.3, 0.4) is 0 Å². The van der Waals surface area contributed by atoms with Gasteiger partial charge in [0.25, 0.3) is 0 Å². The Balaban J connectivity index is 2.74. The molecular formula is C8H10NO2. The van der Waals surface area contributed by atoms with Crippen LogP contribution < -0.4 is 4.74 Å². The molecule has 1 aromatic heterocycles. The van der Waals surface area contributed by atoms with Gasteiger partial charge in [0.2, 0.25) is 5.88 Å². The van der Waals surface area contributed by atoms with Crippen molar-refractivity contribution in [3.8, 4) is 5.88 Å². The van der Waals surface area contributed by atoms with Crippen molar-refractivity contribution in [1.29, 1.82) is 0 Å². The Morgan fingerprint density at radius 2 is 2.45 bits per heavy atom. The summed E-state index contributed by atoms with van der Waals surface area (Å²) in [5.41, 5.74) is 1.01. The smallest absolute Gasteiger partial charge is 0.213 e. The van der Waals surface area contributed by atoms with Gasteiger partial charge in [-0.25, -0.2) is 4.98 Å². The van der Waals surface area contributed by atoms with Gasteiger partial charge in [-0.05, 0) is 11.6 Å². The van der Waals surface area contributed by atoms with Crippen LogP contribution in [-0.2, 0) is 11.3 Å². The van der Waals surface area contributed by atoms with Gasteiger partial charge in [-0.2, -0.15) is 0 Å². The zero-order chi connectivity index (χ0) is 8.10. The van der Waals surface area contributed by atoms with Gasteiger partial charge in [0.05, 0.1) is 20.8 Å². The van der Waals surface area contributed by atoms with E-state index >= 15 is 0 Å². The molecule has 1 radical (unpaired) electrons. The Kier molecular flexibility index (Phi) is 2.86. The molecule has 0 saturated carbocycles. The highest BCUT2D eigenvalue weighted by Crippen LogP contribution is 2.08. The van der Waals surface area contributed by atoms with E-state index in [9.17, 15) is 0 Å². The molecule has 0 N–H and O–H groups in total. The van der Waals surface area contributed by atoms with Gasteiger partial charge in [0.15, 0.2) is 0 Å². The first-order valence-electron chi connectivity index (χ1n) is 3.22. The van der Waals surface area contributed by atoms with E-state index in [-0.39, 0.29) is 0 Å². The predicted molar refractivity (Wildman–Crippen MR) is 40.9 cm³/mol. The summed E-state index contributed by atoms with van der Waals surface area (Å²) in [6.45, 7) is 0.485. The van der Waals surface area contributed by atoms with Crippen molar-refractivity contribution in [2.75, 3.05) is 7.11 Å². The van der Waals surface area contributed by atoms with E-state index in [1.54, 1.807) is 13.3 Å². The van der Waals surface area contributed by atoms with E-state index in [0.717, 1.165) is 5.56 Å². The van der Waals surface area contributed by atoms with Crippen molar-refractivity contribution in [2.45, 2.75) is 6.61 Å². The monoisotopic (exact) mass is 152 g/mol. The molecule has 1 heterocycles. The molecule has 0 aliphatic rings. The summed E-state index contributed by atoms with van der Waals surface area (Å²) in [5.74, 6) is 0.597. The molecule has 0 atom stereocenters. The first kappa shape index (κ1) is 8.01. The Hall–Kier alpha value is -1.09. The molecule has 0 amide bonds. The molecular weight excluding hydrogens is 142 g/mol. The molecule has 0 unspecified atom stereocenters. The van der Waals surface area contributed by atoms with E-state index in [1.807, 2.05) is 12.1 Å². The van der Waals surface area contributed by atoms with Crippen LogP contribution in [0.15, 0.2) is 18.3 Å². The third-order valence-electron chi connectivity index (χ3n) is 1.28. The van der Waals surface area contributed by atoms with Crippen LogP contribution in [0.25, 0.3) is 0 Å². The Morgan fingerprint density at radius 3 is 3.09 bits per heavy atom. The van der Waals surface area contributed by atoms with Crippen LogP contribution in [0.5, 0.6) is 5.88 Å². The largest absolute Gasteiger partial charge is 0.481 e. The van der Waals surface area contributed by atoms with Gasteiger partial charge >= 0.3 is 0 Å². The normalized spacial score (nSPS) is 9.64. The predicted octanol–water partition coefficient (Wildman–Crippen LogP) is 1.40. The number of rotatable bonds is 3. The first-order chi connectivity index (χ1) is 5.36. The third-order valence-corrected chi connectivity index (χ3v) is 1.28. The number of aromatic nitrogens is 1. The Morgan fingerprint density at radius 1 is 1.64 bits per heavy atom. The minimum absolute atomic E-state index is 0.485. The van der Waals surface area contributed by atoms with E-state index < -0.39 is 0 Å². The molecule has 0 aliphatic heterocycles. The lowest BCUT2D eigenvalue weighted by Crippen LogP contribution is -1.90. The summed E-state index contributed by atoms with van der Waals surface area (Å²) in [6, 6.07) is 3.67. The van der Waals surface area contributed by atoms with Crippen LogP contribution in [-0.4, -0.2) is 12.1 Å². The summed E-state index contributed by atoms with van der Waals surface area (Å²) >= 11 is 0. The molecule has 3 nitrogen and oxygen atoms in total. The molecule has 0 bridgehead atoms. The van der Waals surface area contributed by atoms with Crippen molar-refractivity contribution in [2.24, 2.45) is 0 Å². The summed E-state index contributed by atoms with van der Waals surface area (Å²) in [5, 5.41) is 0. The van der Waals surface area contributed by atoms with Gasteiger partial charge in [-0.1, -0.05) is 0 Å². The van der Waals surface area contributed by atoms with Crippen molar-refractivity contribution >= 4 is 0 Å². The maximum Gasteiger partial charge on any atom is 0.213 e. The second-order valence-corrected chi connectivity index (χ2v) is 2.05. The highest BCUT2D eigenvalue weighted by atomic mass is 16.5. The molecule has 3 heteroatoms. The van der Waals surface area contributed by atoms with E-state index in [2.05, 4.69) is 12.1 Å². The number of hydrogen-bond acceptors (Lipinski definition) is 3. The topological polar surface area (TPSA) is 31.4 Å². The maximum atomic E-state index is 4.91. The molecule has 1 rings (SSSR count). The Labute approximate surface area is 66.0 Å². The molecule has 0 saturated heterocycles. The minimum atomic E-state index is 0.485. The van der Waals surface area contributed by atoms with Crippen LogP contribution >= 0.6 is 0 Å². The molecule has 11 heavy (non-hydrogen) atoms. The lowest BCUT2D eigenvalue weighted by atomic mass is 10.3. The maximum absolute atomic E-state index is 4.91. The minimum Gasteiger partial charge on any atom is -0.481 e. The number of methoxy groups -OCH3 is 1. The number of hydrogen-bond donors (Lipinski definition) is 0.